The zero-order valence-corrected chi connectivity index (χ0v) is 12.8. The van der Waals surface area contributed by atoms with E-state index in [-0.39, 0.29) is 0 Å². The Morgan fingerprint density at radius 1 is 1.44 bits per heavy atom. The van der Waals surface area contributed by atoms with E-state index >= 15 is 0 Å². The fourth-order valence-corrected chi connectivity index (χ4v) is 2.88. The van der Waals surface area contributed by atoms with Gasteiger partial charge in [0.25, 0.3) is 0 Å². The Kier molecular flexibility index (Phi) is 4.74. The van der Waals surface area contributed by atoms with Crippen molar-refractivity contribution in [3.63, 3.8) is 0 Å². The average Bonchev–Trinajstić information content (AvgIpc) is 2.76. The van der Waals surface area contributed by atoms with Crippen molar-refractivity contribution in [1.82, 2.24) is 4.98 Å². The number of anilines is 1. The van der Waals surface area contributed by atoms with Crippen LogP contribution in [0.1, 0.15) is 16.1 Å². The maximum atomic E-state index is 5.23. The molecule has 0 bridgehead atoms. The number of benzene rings is 1. The summed E-state index contributed by atoms with van der Waals surface area (Å²) in [7, 11) is 1.70. The summed E-state index contributed by atoms with van der Waals surface area (Å²) in [6.45, 7) is 3.42. The number of hydrogen-bond acceptors (Lipinski definition) is 4. The summed E-state index contributed by atoms with van der Waals surface area (Å²) in [5.41, 5.74) is 5.21. The molecule has 0 fully saturated rings. The molecule has 0 aliphatic carbocycles. The van der Waals surface area contributed by atoms with Crippen LogP contribution in [0.2, 0.25) is 0 Å². The van der Waals surface area contributed by atoms with Gasteiger partial charge in [-0.2, -0.15) is 0 Å². The van der Waals surface area contributed by atoms with Gasteiger partial charge in [0, 0.05) is 27.7 Å². The van der Waals surface area contributed by atoms with Gasteiger partial charge in [0.15, 0.2) is 0 Å². The van der Waals surface area contributed by atoms with Crippen LogP contribution < -0.4 is 5.32 Å². The Morgan fingerprint density at radius 3 is 2.94 bits per heavy atom. The van der Waals surface area contributed by atoms with Gasteiger partial charge in [-0.3, -0.25) is 0 Å². The summed E-state index contributed by atoms with van der Waals surface area (Å²) in [5, 5.41) is 3.44. The maximum Gasteiger partial charge on any atom is 0.0798 e. The molecule has 2 aromatic rings. The fraction of sp³-hybridized carbons (Fsp3) is 0.308. The third-order valence-corrected chi connectivity index (χ3v) is 4.37. The quantitative estimate of drug-likeness (QED) is 0.902. The molecule has 0 saturated carbocycles. The Labute approximate surface area is 119 Å². The first-order valence-corrected chi connectivity index (χ1v) is 7.28. The number of rotatable bonds is 5. The van der Waals surface area contributed by atoms with E-state index in [4.69, 9.17) is 4.74 Å². The molecule has 2 rings (SSSR count). The van der Waals surface area contributed by atoms with E-state index in [9.17, 15) is 0 Å². The molecule has 0 radical (unpaired) electrons. The number of ether oxygens (including phenoxy) is 1. The van der Waals surface area contributed by atoms with Gasteiger partial charge >= 0.3 is 0 Å². The van der Waals surface area contributed by atoms with Crippen LogP contribution in [0.3, 0.4) is 0 Å². The molecule has 0 atom stereocenters. The minimum Gasteiger partial charge on any atom is -0.380 e. The van der Waals surface area contributed by atoms with E-state index in [0.29, 0.717) is 6.61 Å². The van der Waals surface area contributed by atoms with E-state index in [1.807, 2.05) is 24.6 Å². The number of aryl methyl sites for hydroxylation is 1. The number of nitrogens with one attached hydrogen (secondary N) is 1. The standard InChI is InChI=1S/C13H15BrN2OS/c1-9-13(18-8-16-9)6-15-12-5-3-4-11(14)10(12)7-17-2/h3-5,8,15H,6-7H2,1-2H3. The molecular formula is C13H15BrN2OS. The highest BCUT2D eigenvalue weighted by Gasteiger charge is 2.07. The van der Waals surface area contributed by atoms with Gasteiger partial charge in [-0.15, -0.1) is 11.3 Å². The lowest BCUT2D eigenvalue weighted by Gasteiger charge is -2.12. The molecule has 0 amide bonds. The van der Waals surface area contributed by atoms with Crippen LogP contribution in [0.4, 0.5) is 5.69 Å². The van der Waals surface area contributed by atoms with Crippen LogP contribution in [0.5, 0.6) is 0 Å². The molecule has 5 heteroatoms. The minimum absolute atomic E-state index is 0.589. The molecule has 0 aliphatic heterocycles. The summed E-state index contributed by atoms with van der Waals surface area (Å²) < 4.78 is 6.30. The molecular weight excluding hydrogens is 312 g/mol. The van der Waals surface area contributed by atoms with Crippen molar-refractivity contribution >= 4 is 33.0 Å². The zero-order chi connectivity index (χ0) is 13.0. The summed E-state index contributed by atoms with van der Waals surface area (Å²) in [4.78, 5) is 5.51. The Bertz CT molecular complexity index is 527. The largest absolute Gasteiger partial charge is 0.380 e. The lowest BCUT2D eigenvalue weighted by molar-refractivity contribution is 0.185. The number of thiazole rings is 1. The molecule has 1 N–H and O–H groups in total. The van der Waals surface area contributed by atoms with Crippen LogP contribution in [0.25, 0.3) is 0 Å². The number of nitrogens with zero attached hydrogens (tertiary/aromatic N) is 1. The summed E-state index contributed by atoms with van der Waals surface area (Å²) in [6.07, 6.45) is 0. The Morgan fingerprint density at radius 2 is 2.28 bits per heavy atom. The maximum absolute atomic E-state index is 5.23. The first kappa shape index (κ1) is 13.5. The fourth-order valence-electron chi connectivity index (χ4n) is 1.69. The van der Waals surface area contributed by atoms with Crippen LogP contribution in [0.15, 0.2) is 28.2 Å². The van der Waals surface area contributed by atoms with Gasteiger partial charge in [0.1, 0.15) is 0 Å². The van der Waals surface area contributed by atoms with Crippen molar-refractivity contribution < 1.29 is 4.74 Å². The van der Waals surface area contributed by atoms with Crippen molar-refractivity contribution in [3.8, 4) is 0 Å². The van der Waals surface area contributed by atoms with Gasteiger partial charge in [-0.05, 0) is 19.1 Å². The second-order valence-corrected chi connectivity index (χ2v) is 5.71. The van der Waals surface area contributed by atoms with Crippen LogP contribution in [-0.4, -0.2) is 12.1 Å². The topological polar surface area (TPSA) is 34.1 Å². The Hall–Kier alpha value is -0.910. The highest BCUT2D eigenvalue weighted by molar-refractivity contribution is 9.10. The molecule has 18 heavy (non-hydrogen) atoms. The number of methoxy groups -OCH3 is 1. The van der Waals surface area contributed by atoms with Crippen LogP contribution in [0, 0.1) is 6.92 Å². The van der Waals surface area contributed by atoms with Crippen LogP contribution in [-0.2, 0) is 17.9 Å². The zero-order valence-electron chi connectivity index (χ0n) is 10.4. The average molecular weight is 327 g/mol. The molecule has 0 unspecified atom stereocenters. The van der Waals surface area contributed by atoms with E-state index in [1.54, 1.807) is 18.4 Å². The van der Waals surface area contributed by atoms with Gasteiger partial charge in [-0.1, -0.05) is 22.0 Å². The van der Waals surface area contributed by atoms with Crippen molar-refractivity contribution in [2.75, 3.05) is 12.4 Å². The van der Waals surface area contributed by atoms with Crippen molar-refractivity contribution in [3.05, 3.63) is 44.3 Å². The third kappa shape index (κ3) is 3.10. The Balaban J connectivity index is 2.14. The number of aromatic nitrogens is 1. The van der Waals surface area contributed by atoms with Gasteiger partial charge in [0.2, 0.25) is 0 Å². The van der Waals surface area contributed by atoms with Gasteiger partial charge in [0.05, 0.1) is 24.4 Å². The molecule has 0 aliphatic rings. The molecule has 96 valence electrons. The molecule has 0 saturated heterocycles. The van der Waals surface area contributed by atoms with Gasteiger partial charge < -0.3 is 10.1 Å². The molecule has 1 heterocycles. The number of hydrogen-bond donors (Lipinski definition) is 1. The second kappa shape index (κ2) is 6.31. The van der Waals surface area contributed by atoms with Crippen molar-refractivity contribution in [1.29, 1.82) is 0 Å². The lowest BCUT2D eigenvalue weighted by atomic mass is 10.2. The van der Waals surface area contributed by atoms with Crippen LogP contribution >= 0.6 is 27.3 Å². The predicted octanol–water partition coefficient (Wildman–Crippen LogP) is 3.97. The minimum atomic E-state index is 0.589. The highest BCUT2D eigenvalue weighted by Crippen LogP contribution is 2.26. The van der Waals surface area contributed by atoms with Gasteiger partial charge in [-0.25, -0.2) is 4.98 Å². The summed E-state index contributed by atoms with van der Waals surface area (Å²) in [6, 6.07) is 6.11. The first-order chi connectivity index (χ1) is 8.72. The summed E-state index contributed by atoms with van der Waals surface area (Å²) in [5.74, 6) is 0. The first-order valence-electron chi connectivity index (χ1n) is 5.61. The SMILES string of the molecule is COCc1c(Br)cccc1NCc1scnc1C. The molecule has 0 spiro atoms. The monoisotopic (exact) mass is 326 g/mol. The smallest absolute Gasteiger partial charge is 0.0798 e. The summed E-state index contributed by atoms with van der Waals surface area (Å²) >= 11 is 5.23. The normalized spacial score (nSPS) is 10.6. The van der Waals surface area contributed by atoms with E-state index in [1.165, 1.54) is 4.88 Å². The second-order valence-electron chi connectivity index (χ2n) is 3.91. The lowest BCUT2D eigenvalue weighted by Crippen LogP contribution is -2.03. The van der Waals surface area contributed by atoms with Crippen molar-refractivity contribution in [2.45, 2.75) is 20.1 Å². The van der Waals surface area contributed by atoms with Crippen molar-refractivity contribution in [2.24, 2.45) is 0 Å². The predicted molar refractivity (Wildman–Crippen MR) is 79.0 cm³/mol. The van der Waals surface area contributed by atoms with E-state index < -0.39 is 0 Å². The third-order valence-electron chi connectivity index (χ3n) is 2.69. The molecule has 1 aromatic carbocycles. The van der Waals surface area contributed by atoms with E-state index in [2.05, 4.69) is 32.3 Å². The highest BCUT2D eigenvalue weighted by atomic mass is 79.9. The van der Waals surface area contributed by atoms with E-state index in [0.717, 1.165) is 28.0 Å². The molecule has 3 nitrogen and oxygen atoms in total. The number of halogens is 1. The molecule has 1 aromatic heterocycles.